The van der Waals surface area contributed by atoms with Gasteiger partial charge in [0.05, 0.1) is 18.7 Å². The van der Waals surface area contributed by atoms with E-state index < -0.39 is 5.92 Å². The second kappa shape index (κ2) is 9.83. The quantitative estimate of drug-likeness (QED) is 0.684. The molecule has 0 bridgehead atoms. The van der Waals surface area contributed by atoms with Crippen molar-refractivity contribution < 1.29 is 19.1 Å². The van der Waals surface area contributed by atoms with Crippen LogP contribution in [0.2, 0.25) is 5.02 Å². The maximum absolute atomic E-state index is 12.6. The zero-order valence-corrected chi connectivity index (χ0v) is 18.5. The Hall–Kier alpha value is -3.06. The number of nitrogens with zero attached hydrogens (tertiary/aromatic N) is 1. The smallest absolute Gasteiger partial charge is 0.227 e. The highest BCUT2D eigenvalue weighted by molar-refractivity contribution is 6.31. The number of benzene rings is 2. The van der Waals surface area contributed by atoms with Gasteiger partial charge < -0.3 is 20.3 Å². The number of anilines is 2. The van der Waals surface area contributed by atoms with Crippen LogP contribution in [-0.2, 0) is 20.9 Å². The molecular weight excluding hydrogens is 418 g/mol. The lowest BCUT2D eigenvalue weighted by Gasteiger charge is -2.20. The van der Waals surface area contributed by atoms with Gasteiger partial charge in [0.25, 0.3) is 0 Å². The molecule has 164 valence electrons. The summed E-state index contributed by atoms with van der Waals surface area (Å²) in [5.41, 5.74) is 2.17. The highest BCUT2D eigenvalue weighted by Crippen LogP contribution is 2.35. The molecule has 0 saturated carbocycles. The minimum absolute atomic E-state index is 0.0483. The molecule has 7 nitrogen and oxygen atoms in total. The van der Waals surface area contributed by atoms with Gasteiger partial charge in [-0.25, -0.2) is 0 Å². The molecule has 2 aromatic carbocycles. The van der Waals surface area contributed by atoms with Crippen molar-refractivity contribution >= 4 is 40.7 Å². The van der Waals surface area contributed by atoms with Crippen LogP contribution in [0.15, 0.2) is 42.5 Å². The number of hydrogen-bond acceptors (Lipinski definition) is 4. The van der Waals surface area contributed by atoms with Gasteiger partial charge in [0.15, 0.2) is 0 Å². The van der Waals surface area contributed by atoms with E-state index in [4.69, 9.17) is 16.3 Å². The highest BCUT2D eigenvalue weighted by atomic mass is 35.5. The lowest BCUT2D eigenvalue weighted by Crippen LogP contribution is -2.32. The first kappa shape index (κ1) is 22.6. The third-order valence-electron chi connectivity index (χ3n) is 5.14. The van der Waals surface area contributed by atoms with Crippen molar-refractivity contribution in [1.29, 1.82) is 0 Å². The van der Waals surface area contributed by atoms with Gasteiger partial charge in [-0.15, -0.1) is 0 Å². The Labute approximate surface area is 186 Å². The number of amides is 3. The fraction of sp³-hybridized carbons (Fsp3) is 0.348. The molecule has 1 saturated heterocycles. The Kier molecular flexibility index (Phi) is 7.17. The number of halogens is 1. The molecule has 0 aromatic heterocycles. The van der Waals surface area contributed by atoms with Crippen LogP contribution in [0.1, 0.15) is 25.8 Å². The van der Waals surface area contributed by atoms with Crippen LogP contribution < -0.4 is 20.3 Å². The van der Waals surface area contributed by atoms with Gasteiger partial charge in [0, 0.05) is 36.1 Å². The lowest BCUT2D eigenvalue weighted by molar-refractivity contribution is -0.126. The molecule has 1 aliphatic heterocycles. The summed E-state index contributed by atoms with van der Waals surface area (Å²) in [6, 6.07) is 12.3. The van der Waals surface area contributed by atoms with Crippen molar-refractivity contribution in [3.05, 3.63) is 53.1 Å². The van der Waals surface area contributed by atoms with Crippen molar-refractivity contribution in [2.75, 3.05) is 23.9 Å². The van der Waals surface area contributed by atoms with E-state index in [2.05, 4.69) is 10.6 Å². The summed E-state index contributed by atoms with van der Waals surface area (Å²) in [5, 5.41) is 6.21. The number of carbonyl (C=O) groups excluding carboxylic acids is 3. The van der Waals surface area contributed by atoms with Crippen molar-refractivity contribution in [2.24, 2.45) is 11.8 Å². The summed E-state index contributed by atoms with van der Waals surface area (Å²) >= 11 is 6.07. The highest BCUT2D eigenvalue weighted by Gasteiger charge is 2.36. The van der Waals surface area contributed by atoms with Crippen molar-refractivity contribution in [1.82, 2.24) is 5.32 Å². The van der Waals surface area contributed by atoms with Crippen LogP contribution in [0, 0.1) is 11.8 Å². The average Bonchev–Trinajstić information content (AvgIpc) is 3.14. The van der Waals surface area contributed by atoms with Gasteiger partial charge in [-0.05, 0) is 35.9 Å². The third-order valence-corrected chi connectivity index (χ3v) is 5.38. The van der Waals surface area contributed by atoms with Gasteiger partial charge in [0.2, 0.25) is 17.7 Å². The van der Waals surface area contributed by atoms with E-state index in [0.717, 1.165) is 5.56 Å². The van der Waals surface area contributed by atoms with Gasteiger partial charge in [-0.3, -0.25) is 14.4 Å². The molecule has 1 fully saturated rings. The molecule has 8 heteroatoms. The van der Waals surface area contributed by atoms with Crippen LogP contribution >= 0.6 is 11.6 Å². The molecule has 3 amide bonds. The number of ether oxygens (including phenoxy) is 1. The number of nitrogens with one attached hydrogen (secondary N) is 2. The first-order valence-electron chi connectivity index (χ1n) is 10.1. The van der Waals surface area contributed by atoms with E-state index >= 15 is 0 Å². The number of methoxy groups -OCH3 is 1. The monoisotopic (exact) mass is 443 g/mol. The lowest BCUT2D eigenvalue weighted by atomic mass is 10.1. The fourth-order valence-corrected chi connectivity index (χ4v) is 3.48. The van der Waals surface area contributed by atoms with E-state index in [1.54, 1.807) is 35.2 Å². The van der Waals surface area contributed by atoms with Gasteiger partial charge in [0.1, 0.15) is 5.75 Å². The molecule has 0 spiro atoms. The van der Waals surface area contributed by atoms with Crippen molar-refractivity contribution in [3.63, 3.8) is 0 Å². The Balaban J connectivity index is 1.58. The summed E-state index contributed by atoms with van der Waals surface area (Å²) in [5.74, 6) is -0.406. The molecule has 1 heterocycles. The van der Waals surface area contributed by atoms with Crippen LogP contribution in [0.3, 0.4) is 0 Å². The molecule has 1 atom stereocenters. The second-order valence-electron chi connectivity index (χ2n) is 7.78. The maximum Gasteiger partial charge on any atom is 0.227 e. The Morgan fingerprint density at radius 3 is 2.55 bits per heavy atom. The predicted molar refractivity (Wildman–Crippen MR) is 120 cm³/mol. The van der Waals surface area contributed by atoms with Gasteiger partial charge >= 0.3 is 0 Å². The molecule has 0 radical (unpaired) electrons. The van der Waals surface area contributed by atoms with Crippen LogP contribution in [-0.4, -0.2) is 31.4 Å². The van der Waals surface area contributed by atoms with E-state index in [-0.39, 0.29) is 36.6 Å². The molecular formula is C23H26ClN3O4. The maximum atomic E-state index is 12.6. The summed E-state index contributed by atoms with van der Waals surface area (Å²) in [6.45, 7) is 4.26. The minimum Gasteiger partial charge on any atom is -0.495 e. The topological polar surface area (TPSA) is 87.7 Å². The zero-order valence-electron chi connectivity index (χ0n) is 17.8. The zero-order chi connectivity index (χ0) is 22.5. The molecule has 1 aliphatic rings. The third kappa shape index (κ3) is 5.55. The number of hydrogen-bond donors (Lipinski definition) is 2. The van der Waals surface area contributed by atoms with Crippen molar-refractivity contribution in [3.8, 4) is 5.75 Å². The van der Waals surface area contributed by atoms with Crippen molar-refractivity contribution in [2.45, 2.75) is 26.8 Å². The molecule has 31 heavy (non-hydrogen) atoms. The minimum atomic E-state index is -0.458. The molecule has 2 N–H and O–H groups in total. The largest absolute Gasteiger partial charge is 0.495 e. The first-order valence-corrected chi connectivity index (χ1v) is 10.5. The van der Waals surface area contributed by atoms with Crippen LogP contribution in [0.25, 0.3) is 0 Å². The summed E-state index contributed by atoms with van der Waals surface area (Å²) in [6.07, 6.45) is 0.127. The Morgan fingerprint density at radius 2 is 1.90 bits per heavy atom. The van der Waals surface area contributed by atoms with E-state index in [1.807, 2.05) is 26.0 Å². The average molecular weight is 444 g/mol. The molecule has 3 rings (SSSR count). The molecule has 1 unspecified atom stereocenters. The SMILES string of the molecule is COc1ccc(Cl)cc1N1CC(C(=O)NCc2ccc(NC(=O)C(C)C)cc2)CC1=O. The first-order chi connectivity index (χ1) is 14.8. The van der Waals surface area contributed by atoms with E-state index in [9.17, 15) is 14.4 Å². The molecule has 0 aliphatic carbocycles. The van der Waals surface area contributed by atoms with E-state index in [0.29, 0.717) is 28.7 Å². The normalized spacial score (nSPS) is 15.8. The van der Waals surface area contributed by atoms with Gasteiger partial charge in [-0.2, -0.15) is 0 Å². The van der Waals surface area contributed by atoms with Crippen LogP contribution in [0.4, 0.5) is 11.4 Å². The summed E-state index contributed by atoms with van der Waals surface area (Å²) < 4.78 is 5.33. The second-order valence-corrected chi connectivity index (χ2v) is 8.22. The standard InChI is InChI=1S/C23H26ClN3O4/c1-14(2)22(29)26-18-7-4-15(5-8-18)12-25-23(30)16-10-21(28)27(13-16)19-11-17(24)6-9-20(19)31-3/h4-9,11,14,16H,10,12-13H2,1-3H3,(H,25,30)(H,26,29). The molecule has 2 aromatic rings. The fourth-order valence-electron chi connectivity index (χ4n) is 3.32. The number of carbonyl (C=O) groups is 3. The Morgan fingerprint density at radius 1 is 1.19 bits per heavy atom. The number of rotatable bonds is 7. The van der Waals surface area contributed by atoms with E-state index in [1.165, 1.54) is 7.11 Å². The van der Waals surface area contributed by atoms with Crippen LogP contribution in [0.5, 0.6) is 5.75 Å². The predicted octanol–water partition coefficient (Wildman–Crippen LogP) is 3.61. The summed E-state index contributed by atoms with van der Waals surface area (Å²) in [7, 11) is 1.52. The Bertz CT molecular complexity index is 975. The summed E-state index contributed by atoms with van der Waals surface area (Å²) in [4.78, 5) is 38.5. The van der Waals surface area contributed by atoms with Gasteiger partial charge in [-0.1, -0.05) is 37.6 Å².